The molecule has 0 aliphatic heterocycles. The standard InChI is InChI=1S/C21H18Cl2N2O/c1-15-12-19(22)18(21(23)24-15)13-20(26)25(17-10-6-3-7-11-17)14-16-8-4-2-5-9-16/h2-12H,13-14H2,1H3. The number of halogens is 2. The van der Waals surface area contributed by atoms with Gasteiger partial charge in [-0.3, -0.25) is 4.79 Å². The second-order valence-electron chi connectivity index (χ2n) is 5.99. The highest BCUT2D eigenvalue weighted by molar-refractivity contribution is 6.35. The number of nitrogens with zero attached hydrogens (tertiary/aromatic N) is 2. The fourth-order valence-corrected chi connectivity index (χ4v) is 3.39. The van der Waals surface area contributed by atoms with Gasteiger partial charge in [-0.25, -0.2) is 4.98 Å². The first kappa shape index (κ1) is 18.4. The Hall–Kier alpha value is -2.36. The Morgan fingerprint density at radius 1 is 1.00 bits per heavy atom. The number of amides is 1. The van der Waals surface area contributed by atoms with Crippen LogP contribution in [-0.2, 0) is 17.8 Å². The van der Waals surface area contributed by atoms with Gasteiger partial charge in [-0.1, -0.05) is 71.7 Å². The van der Waals surface area contributed by atoms with Crippen LogP contribution in [0.5, 0.6) is 0 Å². The van der Waals surface area contributed by atoms with Gasteiger partial charge in [-0.15, -0.1) is 0 Å². The lowest BCUT2D eigenvalue weighted by Gasteiger charge is -2.23. The van der Waals surface area contributed by atoms with Gasteiger partial charge in [0.2, 0.25) is 5.91 Å². The molecule has 0 bridgehead atoms. The van der Waals surface area contributed by atoms with E-state index < -0.39 is 0 Å². The third-order valence-electron chi connectivity index (χ3n) is 4.03. The average molecular weight is 385 g/mol. The first-order valence-corrected chi connectivity index (χ1v) is 9.01. The summed E-state index contributed by atoms with van der Waals surface area (Å²) < 4.78 is 0. The smallest absolute Gasteiger partial charge is 0.231 e. The van der Waals surface area contributed by atoms with Crippen molar-refractivity contribution in [3.8, 4) is 0 Å². The Labute approximate surface area is 163 Å². The third-order valence-corrected chi connectivity index (χ3v) is 4.68. The molecule has 1 aromatic heterocycles. The molecule has 132 valence electrons. The van der Waals surface area contributed by atoms with Crippen LogP contribution in [0.3, 0.4) is 0 Å². The second kappa shape index (κ2) is 8.35. The van der Waals surface area contributed by atoms with Crippen molar-refractivity contribution >= 4 is 34.8 Å². The fourth-order valence-electron chi connectivity index (χ4n) is 2.73. The summed E-state index contributed by atoms with van der Waals surface area (Å²) in [6, 6.07) is 21.2. The van der Waals surface area contributed by atoms with Gasteiger partial charge in [0.1, 0.15) is 5.15 Å². The molecule has 26 heavy (non-hydrogen) atoms. The van der Waals surface area contributed by atoms with Gasteiger partial charge >= 0.3 is 0 Å². The fraction of sp³-hybridized carbons (Fsp3) is 0.143. The highest BCUT2D eigenvalue weighted by Crippen LogP contribution is 2.26. The molecule has 0 radical (unpaired) electrons. The molecular weight excluding hydrogens is 367 g/mol. The van der Waals surface area contributed by atoms with E-state index >= 15 is 0 Å². The molecule has 0 aliphatic carbocycles. The number of hydrogen-bond acceptors (Lipinski definition) is 2. The molecule has 0 saturated carbocycles. The molecule has 0 fully saturated rings. The molecule has 0 spiro atoms. The summed E-state index contributed by atoms with van der Waals surface area (Å²) in [4.78, 5) is 19.0. The summed E-state index contributed by atoms with van der Waals surface area (Å²) >= 11 is 12.5. The lowest BCUT2D eigenvalue weighted by atomic mass is 10.1. The van der Waals surface area contributed by atoms with Crippen molar-refractivity contribution in [1.82, 2.24) is 4.98 Å². The van der Waals surface area contributed by atoms with Crippen molar-refractivity contribution in [3.63, 3.8) is 0 Å². The predicted molar refractivity (Wildman–Crippen MR) is 107 cm³/mol. The normalized spacial score (nSPS) is 10.6. The van der Waals surface area contributed by atoms with E-state index in [1.807, 2.05) is 67.6 Å². The minimum atomic E-state index is -0.0884. The number of pyridine rings is 1. The minimum absolute atomic E-state index is 0.0884. The van der Waals surface area contributed by atoms with E-state index in [4.69, 9.17) is 23.2 Å². The summed E-state index contributed by atoms with van der Waals surface area (Å²) in [5.74, 6) is -0.0884. The van der Waals surface area contributed by atoms with Gasteiger partial charge in [-0.2, -0.15) is 0 Å². The predicted octanol–water partition coefficient (Wildman–Crippen LogP) is 5.47. The van der Waals surface area contributed by atoms with E-state index in [0.717, 1.165) is 16.9 Å². The van der Waals surface area contributed by atoms with E-state index in [1.54, 1.807) is 11.0 Å². The zero-order valence-electron chi connectivity index (χ0n) is 14.3. The van der Waals surface area contributed by atoms with Crippen molar-refractivity contribution in [3.05, 3.63) is 93.7 Å². The zero-order valence-corrected chi connectivity index (χ0v) is 15.8. The molecule has 0 saturated heterocycles. The van der Waals surface area contributed by atoms with Crippen LogP contribution in [0.15, 0.2) is 66.7 Å². The average Bonchev–Trinajstić information content (AvgIpc) is 2.64. The topological polar surface area (TPSA) is 33.2 Å². The van der Waals surface area contributed by atoms with Gasteiger partial charge in [0, 0.05) is 22.0 Å². The molecule has 0 aliphatic rings. The molecule has 0 unspecified atom stereocenters. The van der Waals surface area contributed by atoms with Gasteiger partial charge in [0.25, 0.3) is 0 Å². The van der Waals surface area contributed by atoms with E-state index in [0.29, 0.717) is 17.1 Å². The highest BCUT2D eigenvalue weighted by atomic mass is 35.5. The number of aryl methyl sites for hydroxylation is 1. The van der Waals surface area contributed by atoms with E-state index in [-0.39, 0.29) is 17.5 Å². The van der Waals surface area contributed by atoms with Crippen LogP contribution in [0.4, 0.5) is 5.69 Å². The van der Waals surface area contributed by atoms with Crippen molar-refractivity contribution in [1.29, 1.82) is 0 Å². The lowest BCUT2D eigenvalue weighted by molar-refractivity contribution is -0.118. The van der Waals surface area contributed by atoms with Gasteiger partial charge < -0.3 is 4.90 Å². The number of para-hydroxylation sites is 1. The van der Waals surface area contributed by atoms with Crippen LogP contribution in [0.25, 0.3) is 0 Å². The summed E-state index contributed by atoms with van der Waals surface area (Å²) in [7, 11) is 0. The summed E-state index contributed by atoms with van der Waals surface area (Å²) in [5, 5.41) is 0.736. The molecule has 3 nitrogen and oxygen atoms in total. The molecule has 0 atom stereocenters. The van der Waals surface area contributed by atoms with Crippen LogP contribution < -0.4 is 4.90 Å². The number of aromatic nitrogens is 1. The maximum Gasteiger partial charge on any atom is 0.231 e. The van der Waals surface area contributed by atoms with Crippen LogP contribution >= 0.6 is 23.2 Å². The number of hydrogen-bond donors (Lipinski definition) is 0. The number of carbonyl (C=O) groups is 1. The van der Waals surface area contributed by atoms with Crippen LogP contribution in [-0.4, -0.2) is 10.9 Å². The van der Waals surface area contributed by atoms with E-state index in [9.17, 15) is 4.79 Å². The number of carbonyl (C=O) groups excluding carboxylic acids is 1. The molecule has 3 aromatic rings. The van der Waals surface area contributed by atoms with Crippen LogP contribution in [0, 0.1) is 6.92 Å². The molecule has 0 N–H and O–H groups in total. The maximum atomic E-state index is 13.1. The highest BCUT2D eigenvalue weighted by Gasteiger charge is 2.20. The quantitative estimate of drug-likeness (QED) is 0.546. The molecule has 5 heteroatoms. The molecule has 3 rings (SSSR count). The monoisotopic (exact) mass is 384 g/mol. The van der Waals surface area contributed by atoms with Crippen molar-refractivity contribution in [2.75, 3.05) is 4.90 Å². The Bertz CT molecular complexity index is 875. The SMILES string of the molecule is Cc1cc(Cl)c(CC(=O)N(Cc2ccccc2)c2ccccc2)c(Cl)n1. The van der Waals surface area contributed by atoms with Gasteiger partial charge in [0.05, 0.1) is 13.0 Å². The van der Waals surface area contributed by atoms with E-state index in [2.05, 4.69) is 4.98 Å². The Morgan fingerprint density at radius 2 is 1.62 bits per heavy atom. The maximum absolute atomic E-state index is 13.1. The van der Waals surface area contributed by atoms with Crippen LogP contribution in [0.2, 0.25) is 10.2 Å². The number of rotatable bonds is 5. The van der Waals surface area contributed by atoms with Gasteiger partial charge in [0.15, 0.2) is 0 Å². The van der Waals surface area contributed by atoms with Gasteiger partial charge in [-0.05, 0) is 30.7 Å². The summed E-state index contributed by atoms with van der Waals surface area (Å²) in [5.41, 5.74) is 3.15. The Kier molecular flexibility index (Phi) is 5.92. The van der Waals surface area contributed by atoms with E-state index in [1.165, 1.54) is 0 Å². The van der Waals surface area contributed by atoms with Crippen molar-refractivity contribution in [2.24, 2.45) is 0 Å². The first-order chi connectivity index (χ1) is 12.5. The first-order valence-electron chi connectivity index (χ1n) is 8.25. The Morgan fingerprint density at radius 3 is 2.23 bits per heavy atom. The van der Waals surface area contributed by atoms with Crippen molar-refractivity contribution < 1.29 is 4.79 Å². The molecule has 1 heterocycles. The number of anilines is 1. The van der Waals surface area contributed by atoms with Crippen molar-refractivity contribution in [2.45, 2.75) is 19.9 Å². The molecule has 2 aromatic carbocycles. The third kappa shape index (κ3) is 4.43. The molecule has 1 amide bonds. The lowest BCUT2D eigenvalue weighted by Crippen LogP contribution is -2.32. The minimum Gasteiger partial charge on any atom is -0.308 e. The molecular formula is C21H18Cl2N2O. The zero-order chi connectivity index (χ0) is 18.5. The Balaban J connectivity index is 1.90. The summed E-state index contributed by atoms with van der Waals surface area (Å²) in [6.07, 6.45) is 0.0900. The second-order valence-corrected chi connectivity index (χ2v) is 6.76. The number of benzene rings is 2. The largest absolute Gasteiger partial charge is 0.308 e. The van der Waals surface area contributed by atoms with Crippen LogP contribution in [0.1, 0.15) is 16.8 Å². The summed E-state index contributed by atoms with van der Waals surface area (Å²) in [6.45, 7) is 2.28.